The Kier molecular flexibility index (Phi) is 4.79. The fraction of sp³-hybridized carbons (Fsp3) is 0.211. The molecule has 142 valence electrons. The third kappa shape index (κ3) is 3.11. The lowest BCUT2D eigenvalue weighted by Crippen LogP contribution is -2.33. The largest absolute Gasteiger partial charge is 0.350 e. The Bertz CT molecular complexity index is 1250. The molecule has 0 unspecified atom stereocenters. The first-order valence-corrected chi connectivity index (χ1v) is 9.19. The van der Waals surface area contributed by atoms with Crippen LogP contribution in [-0.2, 0) is 24.3 Å². The van der Waals surface area contributed by atoms with Crippen LogP contribution >= 0.6 is 11.6 Å². The average Bonchev–Trinajstić information content (AvgIpc) is 3.15. The lowest BCUT2D eigenvalue weighted by molar-refractivity contribution is -0.121. The van der Waals surface area contributed by atoms with Crippen LogP contribution in [0.15, 0.2) is 47.4 Å². The molecule has 1 N–H and O–H groups in total. The zero-order valence-corrected chi connectivity index (χ0v) is 15.8. The number of rotatable bonds is 5. The van der Waals surface area contributed by atoms with Gasteiger partial charge in [0.15, 0.2) is 5.65 Å². The molecule has 0 aliphatic heterocycles. The van der Waals surface area contributed by atoms with Crippen molar-refractivity contribution in [3.05, 3.63) is 69.4 Å². The van der Waals surface area contributed by atoms with Crippen LogP contribution in [0.25, 0.3) is 16.8 Å². The number of hydrogen-bond donors (Lipinski definition) is 1. The summed E-state index contributed by atoms with van der Waals surface area (Å²) in [6, 6.07) is 10.7. The SMILES string of the molecule is CCc1nnc2c(=O)n(CC(=O)NCc3ccccc3Cl)c3cccnc3n12. The van der Waals surface area contributed by atoms with Crippen molar-refractivity contribution in [1.29, 1.82) is 0 Å². The number of benzene rings is 1. The summed E-state index contributed by atoms with van der Waals surface area (Å²) in [7, 11) is 0. The highest BCUT2D eigenvalue weighted by molar-refractivity contribution is 6.31. The summed E-state index contributed by atoms with van der Waals surface area (Å²) in [6.07, 6.45) is 2.24. The Morgan fingerprint density at radius 2 is 1.96 bits per heavy atom. The van der Waals surface area contributed by atoms with Crippen LogP contribution in [0.5, 0.6) is 0 Å². The summed E-state index contributed by atoms with van der Waals surface area (Å²) in [5.74, 6) is 0.331. The van der Waals surface area contributed by atoms with Gasteiger partial charge in [0, 0.05) is 24.2 Å². The first-order valence-electron chi connectivity index (χ1n) is 8.81. The third-order valence-corrected chi connectivity index (χ3v) is 4.86. The molecule has 3 heterocycles. The Labute approximate surface area is 164 Å². The minimum absolute atomic E-state index is 0.155. The molecule has 3 aromatic heterocycles. The van der Waals surface area contributed by atoms with E-state index in [9.17, 15) is 9.59 Å². The molecule has 0 spiro atoms. The maximum Gasteiger partial charge on any atom is 0.297 e. The number of fused-ring (bicyclic) bond motifs is 3. The first-order chi connectivity index (χ1) is 13.6. The number of aryl methyl sites for hydroxylation is 1. The van der Waals surface area contributed by atoms with Gasteiger partial charge in [0.25, 0.3) is 5.56 Å². The van der Waals surface area contributed by atoms with Crippen LogP contribution in [-0.4, -0.2) is 30.1 Å². The fourth-order valence-electron chi connectivity index (χ4n) is 3.10. The van der Waals surface area contributed by atoms with Crippen LogP contribution in [0.4, 0.5) is 0 Å². The number of hydrogen-bond acceptors (Lipinski definition) is 5. The molecule has 0 aliphatic carbocycles. The molecule has 28 heavy (non-hydrogen) atoms. The first kappa shape index (κ1) is 18.1. The van der Waals surface area contributed by atoms with Crippen molar-refractivity contribution in [2.24, 2.45) is 0 Å². The molecule has 0 radical (unpaired) electrons. The van der Waals surface area contributed by atoms with Crippen LogP contribution in [0.3, 0.4) is 0 Å². The fourth-order valence-corrected chi connectivity index (χ4v) is 3.30. The average molecular weight is 397 g/mol. The van der Waals surface area contributed by atoms with Crippen LogP contribution in [0.1, 0.15) is 18.3 Å². The highest BCUT2D eigenvalue weighted by atomic mass is 35.5. The Balaban J connectivity index is 1.70. The molecule has 4 aromatic rings. The summed E-state index contributed by atoms with van der Waals surface area (Å²) >= 11 is 6.12. The summed E-state index contributed by atoms with van der Waals surface area (Å²) in [6.45, 7) is 2.05. The molecule has 0 bridgehead atoms. The molecule has 0 saturated heterocycles. The van der Waals surface area contributed by atoms with Crippen molar-refractivity contribution in [3.8, 4) is 0 Å². The predicted octanol–water partition coefficient (Wildman–Crippen LogP) is 1.97. The van der Waals surface area contributed by atoms with E-state index in [1.807, 2.05) is 25.1 Å². The second kappa shape index (κ2) is 7.40. The molecule has 0 atom stereocenters. The van der Waals surface area contributed by atoms with Crippen LogP contribution in [0, 0.1) is 0 Å². The van der Waals surface area contributed by atoms with E-state index in [1.165, 1.54) is 4.57 Å². The number of pyridine rings is 1. The van der Waals surface area contributed by atoms with Crippen LogP contribution in [0.2, 0.25) is 5.02 Å². The van der Waals surface area contributed by atoms with E-state index < -0.39 is 0 Å². The molecule has 8 nitrogen and oxygen atoms in total. The van der Waals surface area contributed by atoms with E-state index >= 15 is 0 Å². The molecule has 0 saturated carbocycles. The van der Waals surface area contributed by atoms with Crippen LogP contribution < -0.4 is 10.9 Å². The second-order valence-electron chi connectivity index (χ2n) is 6.23. The van der Waals surface area contributed by atoms with Gasteiger partial charge in [-0.3, -0.25) is 18.6 Å². The van der Waals surface area contributed by atoms with Crippen molar-refractivity contribution in [3.63, 3.8) is 0 Å². The minimum atomic E-state index is -0.388. The van der Waals surface area contributed by atoms with Gasteiger partial charge in [-0.15, -0.1) is 10.2 Å². The van der Waals surface area contributed by atoms with Gasteiger partial charge in [0.1, 0.15) is 12.4 Å². The number of amides is 1. The number of halogens is 1. The van der Waals surface area contributed by atoms with Gasteiger partial charge in [-0.25, -0.2) is 4.98 Å². The quantitative estimate of drug-likeness (QED) is 0.556. The lowest BCUT2D eigenvalue weighted by atomic mass is 10.2. The second-order valence-corrected chi connectivity index (χ2v) is 6.64. The van der Waals surface area contributed by atoms with Gasteiger partial charge in [0.05, 0.1) is 5.52 Å². The van der Waals surface area contributed by atoms with Gasteiger partial charge < -0.3 is 5.32 Å². The Morgan fingerprint density at radius 3 is 2.75 bits per heavy atom. The van der Waals surface area contributed by atoms with E-state index in [4.69, 9.17) is 11.6 Å². The van der Waals surface area contributed by atoms with Gasteiger partial charge in [-0.1, -0.05) is 36.7 Å². The summed E-state index contributed by atoms with van der Waals surface area (Å²) < 4.78 is 3.02. The van der Waals surface area contributed by atoms with Gasteiger partial charge >= 0.3 is 0 Å². The van der Waals surface area contributed by atoms with Crippen molar-refractivity contribution < 1.29 is 4.79 Å². The number of nitrogens with zero attached hydrogens (tertiary/aromatic N) is 5. The zero-order chi connectivity index (χ0) is 19.7. The third-order valence-electron chi connectivity index (χ3n) is 4.49. The molecular formula is C19H17ClN6O2. The number of carbonyl (C=O) groups is 1. The van der Waals surface area contributed by atoms with E-state index in [1.54, 1.807) is 28.8 Å². The standard InChI is InChI=1S/C19H17ClN6O2/c1-2-15-23-24-18-19(28)25(14-8-5-9-21-17(14)26(15)18)11-16(27)22-10-12-6-3-4-7-13(12)20/h3-9H,2,10-11H2,1H3,(H,22,27). The Morgan fingerprint density at radius 1 is 1.14 bits per heavy atom. The summed E-state index contributed by atoms with van der Waals surface area (Å²) in [4.78, 5) is 29.8. The van der Waals surface area contributed by atoms with Crippen molar-refractivity contribution in [1.82, 2.24) is 29.5 Å². The lowest BCUT2D eigenvalue weighted by Gasteiger charge is -2.12. The summed E-state index contributed by atoms with van der Waals surface area (Å²) in [5.41, 5.74) is 1.65. The molecule has 4 rings (SSSR count). The maximum absolute atomic E-state index is 12.9. The highest BCUT2D eigenvalue weighted by Crippen LogP contribution is 2.15. The topological polar surface area (TPSA) is 94.2 Å². The molecule has 0 aliphatic rings. The summed E-state index contributed by atoms with van der Waals surface area (Å²) in [5, 5.41) is 11.5. The molecule has 1 aromatic carbocycles. The number of nitrogens with one attached hydrogen (secondary N) is 1. The zero-order valence-electron chi connectivity index (χ0n) is 15.1. The molecule has 1 amide bonds. The van der Waals surface area contributed by atoms with E-state index in [0.717, 1.165) is 5.56 Å². The molecular weight excluding hydrogens is 380 g/mol. The van der Waals surface area contributed by atoms with E-state index in [0.29, 0.717) is 28.4 Å². The maximum atomic E-state index is 12.9. The smallest absolute Gasteiger partial charge is 0.297 e. The van der Waals surface area contributed by atoms with Crippen molar-refractivity contribution in [2.45, 2.75) is 26.4 Å². The molecule has 9 heteroatoms. The van der Waals surface area contributed by atoms with Crippen molar-refractivity contribution >= 4 is 34.3 Å². The highest BCUT2D eigenvalue weighted by Gasteiger charge is 2.18. The number of aromatic nitrogens is 5. The number of carbonyl (C=O) groups excluding carboxylic acids is 1. The Hall–Kier alpha value is -3.26. The molecule has 0 fully saturated rings. The van der Waals surface area contributed by atoms with Gasteiger partial charge in [-0.2, -0.15) is 0 Å². The van der Waals surface area contributed by atoms with E-state index in [2.05, 4.69) is 20.5 Å². The monoisotopic (exact) mass is 396 g/mol. The van der Waals surface area contributed by atoms with Gasteiger partial charge in [-0.05, 0) is 23.8 Å². The van der Waals surface area contributed by atoms with Gasteiger partial charge in [0.2, 0.25) is 11.6 Å². The predicted molar refractivity (Wildman–Crippen MR) is 105 cm³/mol. The minimum Gasteiger partial charge on any atom is -0.350 e. The van der Waals surface area contributed by atoms with E-state index in [-0.39, 0.29) is 30.2 Å². The normalized spacial score (nSPS) is 11.2. The van der Waals surface area contributed by atoms with Crippen molar-refractivity contribution in [2.75, 3.05) is 0 Å².